The first-order chi connectivity index (χ1) is 14.3. The Bertz CT molecular complexity index is 1030. The van der Waals surface area contributed by atoms with E-state index < -0.39 is 35.9 Å². The lowest BCUT2D eigenvalue weighted by Gasteiger charge is -2.22. The molecule has 0 aliphatic heterocycles. The van der Waals surface area contributed by atoms with Crippen LogP contribution in [-0.2, 0) is 27.2 Å². The number of carbonyl (C=O) groups is 3. The number of carboxylic acids is 1. The zero-order chi connectivity index (χ0) is 21.7. The Morgan fingerprint density at radius 1 is 1.10 bits per heavy atom. The lowest BCUT2D eigenvalue weighted by atomic mass is 10.0. The molecule has 1 aromatic carbocycles. The molecule has 2 heterocycles. The minimum atomic E-state index is -1.19. The number of nitrogens with one attached hydrogen (secondary N) is 4. The fourth-order valence-electron chi connectivity index (χ4n) is 3.12. The molecule has 3 atom stereocenters. The van der Waals surface area contributed by atoms with Crippen LogP contribution in [0.1, 0.15) is 18.2 Å². The first-order valence-electron chi connectivity index (χ1n) is 9.46. The minimum Gasteiger partial charge on any atom is -0.480 e. The second-order valence-electron chi connectivity index (χ2n) is 7.09. The van der Waals surface area contributed by atoms with Crippen LogP contribution in [0.5, 0.6) is 0 Å². The summed E-state index contributed by atoms with van der Waals surface area (Å²) in [7, 11) is 0. The second kappa shape index (κ2) is 9.23. The first-order valence-corrected chi connectivity index (χ1v) is 9.46. The minimum absolute atomic E-state index is 0.0299. The molecule has 0 saturated heterocycles. The lowest BCUT2D eigenvalue weighted by molar-refractivity contribution is -0.142. The maximum absolute atomic E-state index is 12.9. The second-order valence-corrected chi connectivity index (χ2v) is 7.09. The highest BCUT2D eigenvalue weighted by Gasteiger charge is 2.28. The molecular formula is C20H24N6O4. The molecule has 158 valence electrons. The zero-order valence-corrected chi connectivity index (χ0v) is 16.4. The molecule has 0 saturated carbocycles. The van der Waals surface area contributed by atoms with Crippen LogP contribution in [0.4, 0.5) is 0 Å². The van der Waals surface area contributed by atoms with E-state index in [1.165, 1.54) is 19.4 Å². The van der Waals surface area contributed by atoms with Gasteiger partial charge in [-0.05, 0) is 18.6 Å². The molecule has 2 aromatic heterocycles. The molecule has 3 unspecified atom stereocenters. The SMILES string of the molecule is CC(N)C(=O)NC(Cc1c[nH]c2ccccc12)C(=O)NC(Cc1cnc[nH]1)C(=O)O. The monoisotopic (exact) mass is 412 g/mol. The van der Waals surface area contributed by atoms with Crippen LogP contribution in [0.3, 0.4) is 0 Å². The highest BCUT2D eigenvalue weighted by molar-refractivity contribution is 5.92. The summed E-state index contributed by atoms with van der Waals surface area (Å²) in [5.74, 6) is -2.31. The van der Waals surface area contributed by atoms with Crippen LogP contribution in [0.2, 0.25) is 0 Å². The van der Waals surface area contributed by atoms with Crippen LogP contribution in [0.25, 0.3) is 10.9 Å². The molecule has 3 aromatic rings. The molecule has 0 aliphatic carbocycles. The molecule has 0 fully saturated rings. The Hall–Kier alpha value is -3.66. The number of amides is 2. The Morgan fingerprint density at radius 3 is 2.50 bits per heavy atom. The standard InChI is InChI=1S/C20H24N6O4/c1-11(21)18(27)25-16(6-12-8-23-15-5-3-2-4-14(12)15)19(28)26-17(20(29)30)7-13-9-22-10-24-13/h2-5,8-11,16-17,23H,6-7,21H2,1H3,(H,22,24)(H,25,27)(H,26,28)(H,29,30). The molecule has 30 heavy (non-hydrogen) atoms. The van der Waals surface area contributed by atoms with Crippen LogP contribution < -0.4 is 16.4 Å². The van der Waals surface area contributed by atoms with Gasteiger partial charge in [0, 0.05) is 41.8 Å². The number of hydrogen-bond donors (Lipinski definition) is 6. The average Bonchev–Trinajstić information content (AvgIpc) is 3.36. The summed E-state index contributed by atoms with van der Waals surface area (Å²) in [5, 5.41) is 15.6. The number of hydrogen-bond acceptors (Lipinski definition) is 5. The van der Waals surface area contributed by atoms with Gasteiger partial charge >= 0.3 is 5.97 Å². The quantitative estimate of drug-likeness (QED) is 0.291. The first kappa shape index (κ1) is 21.1. The normalized spacial score (nSPS) is 14.1. The van der Waals surface area contributed by atoms with Gasteiger partial charge in [0.25, 0.3) is 0 Å². The summed E-state index contributed by atoms with van der Waals surface area (Å²) in [6.45, 7) is 1.51. The van der Waals surface area contributed by atoms with Crippen molar-refractivity contribution in [3.8, 4) is 0 Å². The van der Waals surface area contributed by atoms with E-state index in [0.29, 0.717) is 5.69 Å². The van der Waals surface area contributed by atoms with Gasteiger partial charge in [0.1, 0.15) is 12.1 Å². The van der Waals surface area contributed by atoms with Crippen LogP contribution in [0, 0.1) is 0 Å². The molecule has 10 heteroatoms. The van der Waals surface area contributed by atoms with Crippen molar-refractivity contribution in [2.75, 3.05) is 0 Å². The number of benzene rings is 1. The van der Waals surface area contributed by atoms with E-state index in [4.69, 9.17) is 5.73 Å². The third-order valence-electron chi connectivity index (χ3n) is 4.74. The number of carboxylic acid groups (broad SMARTS) is 1. The number of nitrogens with two attached hydrogens (primary N) is 1. The largest absolute Gasteiger partial charge is 0.480 e. The molecule has 2 amide bonds. The predicted molar refractivity (Wildman–Crippen MR) is 109 cm³/mol. The highest BCUT2D eigenvalue weighted by Crippen LogP contribution is 2.19. The van der Waals surface area contributed by atoms with Gasteiger partial charge in [-0.25, -0.2) is 9.78 Å². The van der Waals surface area contributed by atoms with Crippen molar-refractivity contribution in [3.05, 3.63) is 54.2 Å². The summed E-state index contributed by atoms with van der Waals surface area (Å²) in [6.07, 6.45) is 4.89. The number of para-hydroxylation sites is 1. The number of carbonyl (C=O) groups excluding carboxylic acids is 2. The van der Waals surface area contributed by atoms with Gasteiger partial charge in [0.15, 0.2) is 0 Å². The van der Waals surface area contributed by atoms with E-state index in [9.17, 15) is 19.5 Å². The van der Waals surface area contributed by atoms with Gasteiger partial charge in [0.2, 0.25) is 11.8 Å². The number of aromatic nitrogens is 3. The summed E-state index contributed by atoms with van der Waals surface area (Å²) in [5.41, 5.74) is 7.91. The molecule has 7 N–H and O–H groups in total. The summed E-state index contributed by atoms with van der Waals surface area (Å²) >= 11 is 0. The number of H-pyrrole nitrogens is 2. The van der Waals surface area contributed by atoms with Crippen molar-refractivity contribution < 1.29 is 19.5 Å². The maximum Gasteiger partial charge on any atom is 0.326 e. The van der Waals surface area contributed by atoms with Crippen molar-refractivity contribution >= 4 is 28.7 Å². The number of imidazole rings is 1. The van der Waals surface area contributed by atoms with E-state index >= 15 is 0 Å². The molecule has 0 aliphatic rings. The van der Waals surface area contributed by atoms with Crippen LogP contribution in [0.15, 0.2) is 43.0 Å². The van der Waals surface area contributed by atoms with Gasteiger partial charge in [0.05, 0.1) is 12.4 Å². The van der Waals surface area contributed by atoms with Gasteiger partial charge in [-0.1, -0.05) is 18.2 Å². The van der Waals surface area contributed by atoms with E-state index in [2.05, 4.69) is 25.6 Å². The predicted octanol–water partition coefficient (Wildman–Crippen LogP) is 0.0776. The number of aromatic amines is 2. The van der Waals surface area contributed by atoms with Crippen LogP contribution in [-0.4, -0.2) is 56.0 Å². The van der Waals surface area contributed by atoms with E-state index in [-0.39, 0.29) is 12.8 Å². The maximum atomic E-state index is 12.9. The zero-order valence-electron chi connectivity index (χ0n) is 16.4. The molecule has 0 spiro atoms. The van der Waals surface area contributed by atoms with E-state index in [0.717, 1.165) is 16.5 Å². The van der Waals surface area contributed by atoms with Gasteiger partial charge in [-0.2, -0.15) is 0 Å². The average molecular weight is 412 g/mol. The Balaban J connectivity index is 1.80. The van der Waals surface area contributed by atoms with E-state index in [1.807, 2.05) is 24.3 Å². The summed E-state index contributed by atoms with van der Waals surface area (Å²) in [6, 6.07) is 4.57. The molecule has 3 rings (SSSR count). The number of fused-ring (bicyclic) bond motifs is 1. The molecule has 10 nitrogen and oxygen atoms in total. The highest BCUT2D eigenvalue weighted by atomic mass is 16.4. The third-order valence-corrected chi connectivity index (χ3v) is 4.74. The van der Waals surface area contributed by atoms with Gasteiger partial charge in [-0.15, -0.1) is 0 Å². The Kier molecular flexibility index (Phi) is 6.48. The van der Waals surface area contributed by atoms with Crippen molar-refractivity contribution in [2.45, 2.75) is 37.9 Å². The summed E-state index contributed by atoms with van der Waals surface area (Å²) in [4.78, 5) is 46.5. The molecule has 0 radical (unpaired) electrons. The van der Waals surface area contributed by atoms with Crippen molar-refractivity contribution in [2.24, 2.45) is 5.73 Å². The number of nitrogens with zero attached hydrogens (tertiary/aromatic N) is 1. The van der Waals surface area contributed by atoms with E-state index in [1.54, 1.807) is 6.20 Å². The smallest absolute Gasteiger partial charge is 0.326 e. The van der Waals surface area contributed by atoms with Gasteiger partial charge in [-0.3, -0.25) is 9.59 Å². The van der Waals surface area contributed by atoms with Crippen molar-refractivity contribution in [3.63, 3.8) is 0 Å². The lowest BCUT2D eigenvalue weighted by Crippen LogP contribution is -2.55. The molecule has 0 bridgehead atoms. The third kappa shape index (κ3) is 5.03. The van der Waals surface area contributed by atoms with Crippen molar-refractivity contribution in [1.29, 1.82) is 0 Å². The fourth-order valence-corrected chi connectivity index (χ4v) is 3.12. The van der Waals surface area contributed by atoms with Gasteiger partial charge < -0.3 is 31.4 Å². The summed E-state index contributed by atoms with van der Waals surface area (Å²) < 4.78 is 0. The van der Waals surface area contributed by atoms with Crippen molar-refractivity contribution in [1.82, 2.24) is 25.6 Å². The Morgan fingerprint density at radius 2 is 1.83 bits per heavy atom. The number of aliphatic carboxylic acids is 1. The number of rotatable bonds is 9. The van der Waals surface area contributed by atoms with Crippen LogP contribution >= 0.6 is 0 Å². The Labute approximate surface area is 172 Å². The fraction of sp³-hybridized carbons (Fsp3) is 0.300. The molecular weight excluding hydrogens is 388 g/mol. The topological polar surface area (TPSA) is 166 Å².